The highest BCUT2D eigenvalue weighted by molar-refractivity contribution is 6.00. The van der Waals surface area contributed by atoms with Crippen LogP contribution in [0, 0.1) is 5.82 Å². The molecule has 0 spiro atoms. The lowest BCUT2D eigenvalue weighted by atomic mass is 10.0. The average Bonchev–Trinajstić information content (AvgIpc) is 3.55. The first-order valence-corrected chi connectivity index (χ1v) is 13.6. The highest BCUT2D eigenvalue weighted by atomic mass is 19.1. The first kappa shape index (κ1) is 25.3. The Hall–Kier alpha value is -5.63. The van der Waals surface area contributed by atoms with Gasteiger partial charge in [-0.25, -0.2) is 9.37 Å². The van der Waals surface area contributed by atoms with Crippen molar-refractivity contribution in [2.75, 3.05) is 0 Å². The Kier molecular flexibility index (Phi) is 6.48. The number of H-pyrrole nitrogens is 2. The van der Waals surface area contributed by atoms with E-state index in [2.05, 4.69) is 42.6 Å². The number of nitrogens with zero attached hydrogens (tertiary/aromatic N) is 3. The molecular weight excluding hydrogens is 527 g/mol. The van der Waals surface area contributed by atoms with Crippen LogP contribution in [0.25, 0.3) is 50.2 Å². The molecule has 0 saturated heterocycles. The summed E-state index contributed by atoms with van der Waals surface area (Å²) in [5, 5.41) is 12.3. The number of benzene rings is 2. The van der Waals surface area contributed by atoms with Crippen LogP contribution in [-0.4, -0.2) is 31.1 Å². The Morgan fingerprint density at radius 3 is 2.74 bits per heavy atom. The highest BCUT2D eigenvalue weighted by Crippen LogP contribution is 2.34. The second kappa shape index (κ2) is 10.7. The van der Waals surface area contributed by atoms with E-state index in [1.807, 2.05) is 66.8 Å². The fraction of sp³-hybridized carbons (Fsp3) is 0.0588. The first-order valence-electron chi connectivity index (χ1n) is 13.6. The molecule has 0 fully saturated rings. The normalized spacial score (nSPS) is 13.2. The number of carbonyl (C=O) groups is 1. The maximum Gasteiger partial charge on any atom is 0.228 e. The van der Waals surface area contributed by atoms with Gasteiger partial charge in [-0.1, -0.05) is 54.6 Å². The number of aromatic amines is 2. The van der Waals surface area contributed by atoms with Crippen molar-refractivity contribution in [1.82, 2.24) is 30.5 Å². The average molecular weight is 553 g/mol. The van der Waals surface area contributed by atoms with E-state index < -0.39 is 0 Å². The van der Waals surface area contributed by atoms with Gasteiger partial charge in [-0.05, 0) is 60.0 Å². The van der Waals surface area contributed by atoms with Crippen LogP contribution in [0.15, 0.2) is 115 Å². The molecule has 1 aliphatic rings. The summed E-state index contributed by atoms with van der Waals surface area (Å²) in [6, 6.07) is 22.1. The number of pyridine rings is 2. The van der Waals surface area contributed by atoms with Crippen LogP contribution in [0.3, 0.4) is 0 Å². The standard InChI is InChI=1S/C34H25FN6O/c35-25-11-6-10-23(16-25)32-27-19-30(39-29(27)13-14-36-32)33-28-18-24(20-37-34(28)41-40-33)22-9-4-5-12-26(17-22)38-31(42)15-21-7-2-1-3-8-21/h1-3,5-14,16-20,39H,4,15H2,(H,38,42)(H,37,40,41). The molecule has 8 heteroatoms. The fourth-order valence-corrected chi connectivity index (χ4v) is 5.25. The summed E-state index contributed by atoms with van der Waals surface area (Å²) < 4.78 is 14.0. The molecule has 6 aromatic rings. The van der Waals surface area contributed by atoms with Crippen LogP contribution in [-0.2, 0) is 11.2 Å². The number of nitrogens with one attached hydrogen (secondary N) is 3. The van der Waals surface area contributed by atoms with Gasteiger partial charge >= 0.3 is 0 Å². The highest BCUT2D eigenvalue weighted by Gasteiger charge is 2.16. The van der Waals surface area contributed by atoms with E-state index in [1.54, 1.807) is 18.5 Å². The van der Waals surface area contributed by atoms with Crippen molar-refractivity contribution in [2.24, 2.45) is 0 Å². The van der Waals surface area contributed by atoms with Crippen molar-refractivity contribution in [2.45, 2.75) is 12.8 Å². The van der Waals surface area contributed by atoms with E-state index >= 15 is 0 Å². The minimum atomic E-state index is -0.309. The van der Waals surface area contributed by atoms with E-state index in [4.69, 9.17) is 0 Å². The van der Waals surface area contributed by atoms with Gasteiger partial charge in [0.1, 0.15) is 5.82 Å². The molecule has 0 saturated carbocycles. The van der Waals surface area contributed by atoms with Crippen molar-refractivity contribution in [3.63, 3.8) is 0 Å². The Morgan fingerprint density at radius 1 is 0.952 bits per heavy atom. The lowest BCUT2D eigenvalue weighted by molar-refractivity contribution is -0.119. The topological polar surface area (TPSA) is 99.3 Å². The SMILES string of the molecule is O=C(Cc1ccccc1)NC1=CC(c2cnc3n[nH]c(-c4cc5c(-c6cccc(F)c6)nccc5[nH]4)c3c2)=CCC=C1. The molecule has 3 N–H and O–H groups in total. The number of rotatable bonds is 6. The molecule has 42 heavy (non-hydrogen) atoms. The number of carbonyl (C=O) groups excluding carboxylic acids is 1. The molecule has 0 radical (unpaired) electrons. The molecule has 7 rings (SSSR count). The third kappa shape index (κ3) is 5.01. The molecular formula is C34H25FN6O. The van der Waals surface area contributed by atoms with Gasteiger partial charge in [0.05, 0.1) is 23.5 Å². The van der Waals surface area contributed by atoms with Gasteiger partial charge in [-0.2, -0.15) is 5.10 Å². The van der Waals surface area contributed by atoms with E-state index in [0.717, 1.165) is 56.5 Å². The van der Waals surface area contributed by atoms with E-state index in [1.165, 1.54) is 12.1 Å². The molecule has 2 aromatic carbocycles. The zero-order valence-corrected chi connectivity index (χ0v) is 22.4. The molecule has 204 valence electrons. The van der Waals surface area contributed by atoms with Crippen LogP contribution in [0.1, 0.15) is 17.5 Å². The minimum Gasteiger partial charge on any atom is -0.353 e. The molecule has 4 heterocycles. The lowest BCUT2D eigenvalue weighted by Gasteiger charge is -2.08. The van der Waals surface area contributed by atoms with Gasteiger partial charge in [0.15, 0.2) is 5.65 Å². The summed E-state index contributed by atoms with van der Waals surface area (Å²) in [6.45, 7) is 0. The summed E-state index contributed by atoms with van der Waals surface area (Å²) in [5.41, 5.74) is 8.00. The van der Waals surface area contributed by atoms with Crippen LogP contribution in [0.5, 0.6) is 0 Å². The summed E-state index contributed by atoms with van der Waals surface area (Å²) in [5.74, 6) is -0.383. The summed E-state index contributed by atoms with van der Waals surface area (Å²) in [6.07, 6.45) is 12.5. The Balaban J connectivity index is 1.21. The number of aromatic nitrogens is 5. The third-order valence-electron chi connectivity index (χ3n) is 7.23. The molecule has 1 aliphatic carbocycles. The molecule has 7 nitrogen and oxygen atoms in total. The van der Waals surface area contributed by atoms with Crippen molar-refractivity contribution in [3.05, 3.63) is 132 Å². The zero-order chi connectivity index (χ0) is 28.5. The van der Waals surface area contributed by atoms with Crippen molar-refractivity contribution in [1.29, 1.82) is 0 Å². The van der Waals surface area contributed by atoms with Crippen LogP contribution < -0.4 is 5.32 Å². The predicted molar refractivity (Wildman–Crippen MR) is 162 cm³/mol. The third-order valence-corrected chi connectivity index (χ3v) is 7.23. The number of halogens is 1. The molecule has 0 unspecified atom stereocenters. The smallest absolute Gasteiger partial charge is 0.228 e. The van der Waals surface area contributed by atoms with Gasteiger partial charge in [0, 0.05) is 45.5 Å². The van der Waals surface area contributed by atoms with Crippen molar-refractivity contribution in [3.8, 4) is 22.6 Å². The lowest BCUT2D eigenvalue weighted by Crippen LogP contribution is -2.23. The maximum absolute atomic E-state index is 14.0. The summed E-state index contributed by atoms with van der Waals surface area (Å²) >= 11 is 0. The van der Waals surface area contributed by atoms with Crippen LogP contribution >= 0.6 is 0 Å². The van der Waals surface area contributed by atoms with E-state index in [9.17, 15) is 9.18 Å². The number of fused-ring (bicyclic) bond motifs is 2. The monoisotopic (exact) mass is 552 g/mol. The largest absolute Gasteiger partial charge is 0.353 e. The molecule has 4 aromatic heterocycles. The number of hydrogen-bond donors (Lipinski definition) is 3. The molecule has 0 aliphatic heterocycles. The second-order valence-electron chi connectivity index (χ2n) is 10.1. The predicted octanol–water partition coefficient (Wildman–Crippen LogP) is 6.89. The van der Waals surface area contributed by atoms with Crippen LogP contribution in [0.4, 0.5) is 4.39 Å². The first-order chi connectivity index (χ1) is 20.6. The Bertz CT molecular complexity index is 2050. The molecule has 0 atom stereocenters. The van der Waals surface area contributed by atoms with E-state index in [0.29, 0.717) is 23.3 Å². The van der Waals surface area contributed by atoms with Gasteiger partial charge in [0.25, 0.3) is 0 Å². The maximum atomic E-state index is 14.0. The minimum absolute atomic E-state index is 0.0741. The van der Waals surface area contributed by atoms with E-state index in [-0.39, 0.29) is 11.7 Å². The molecule has 0 bridgehead atoms. The van der Waals surface area contributed by atoms with Gasteiger partial charge in [-0.3, -0.25) is 14.9 Å². The number of allylic oxidation sites excluding steroid dienone is 5. The van der Waals surface area contributed by atoms with Crippen molar-refractivity contribution >= 4 is 33.4 Å². The van der Waals surface area contributed by atoms with Crippen molar-refractivity contribution < 1.29 is 9.18 Å². The van der Waals surface area contributed by atoms with Gasteiger partial charge in [0.2, 0.25) is 5.91 Å². The quantitative estimate of drug-likeness (QED) is 0.209. The molecule has 1 amide bonds. The summed E-state index contributed by atoms with van der Waals surface area (Å²) in [4.78, 5) is 25.3. The second-order valence-corrected chi connectivity index (χ2v) is 10.1. The van der Waals surface area contributed by atoms with Gasteiger partial charge < -0.3 is 10.3 Å². The summed E-state index contributed by atoms with van der Waals surface area (Å²) in [7, 11) is 0. The number of hydrogen-bond acceptors (Lipinski definition) is 4. The Labute approximate surface area is 240 Å². The van der Waals surface area contributed by atoms with Gasteiger partial charge in [-0.15, -0.1) is 0 Å². The zero-order valence-electron chi connectivity index (χ0n) is 22.4. The number of amides is 1. The van der Waals surface area contributed by atoms with Crippen LogP contribution in [0.2, 0.25) is 0 Å². The fourth-order valence-electron chi connectivity index (χ4n) is 5.25. The Morgan fingerprint density at radius 2 is 1.86 bits per heavy atom.